The van der Waals surface area contributed by atoms with Crippen molar-refractivity contribution in [1.82, 2.24) is 0 Å². The van der Waals surface area contributed by atoms with Crippen LogP contribution >= 0.6 is 22.6 Å². The maximum absolute atomic E-state index is 13.3. The van der Waals surface area contributed by atoms with E-state index in [4.69, 9.17) is 0 Å². The van der Waals surface area contributed by atoms with Crippen LogP contribution in [0.3, 0.4) is 0 Å². The van der Waals surface area contributed by atoms with Gasteiger partial charge in [0.1, 0.15) is 5.82 Å². The molecule has 1 heterocycles. The molecule has 0 atom stereocenters. The van der Waals surface area contributed by atoms with Gasteiger partial charge in [-0.05, 0) is 52.1 Å². The molecule has 1 N–H and O–H groups in total. The van der Waals surface area contributed by atoms with Crippen molar-refractivity contribution in [1.29, 1.82) is 0 Å². The smallest absolute Gasteiger partial charge is 0.124 e. The summed E-state index contributed by atoms with van der Waals surface area (Å²) < 4.78 is 14.2. The highest BCUT2D eigenvalue weighted by atomic mass is 127. The molecular formula is C11H13FIN. The topological polar surface area (TPSA) is 12.0 Å². The first-order valence-corrected chi connectivity index (χ1v) is 5.82. The average molecular weight is 305 g/mol. The molecule has 2 rings (SSSR count). The van der Waals surface area contributed by atoms with Crippen molar-refractivity contribution in [2.24, 2.45) is 0 Å². The first-order chi connectivity index (χ1) is 6.50. The summed E-state index contributed by atoms with van der Waals surface area (Å²) in [6.07, 6.45) is 1.06. The minimum atomic E-state index is -0.134. The van der Waals surface area contributed by atoms with Gasteiger partial charge in [0.2, 0.25) is 0 Å². The number of anilines is 1. The Morgan fingerprint density at radius 3 is 2.86 bits per heavy atom. The van der Waals surface area contributed by atoms with Crippen molar-refractivity contribution in [3.63, 3.8) is 0 Å². The van der Waals surface area contributed by atoms with Crippen molar-refractivity contribution in [3.8, 4) is 0 Å². The lowest BCUT2D eigenvalue weighted by Crippen LogP contribution is -2.29. The van der Waals surface area contributed by atoms with E-state index in [0.717, 1.165) is 27.8 Å². The molecule has 1 aromatic carbocycles. The molecule has 0 saturated heterocycles. The lowest BCUT2D eigenvalue weighted by Gasteiger charge is -2.33. The highest BCUT2D eigenvalue weighted by Gasteiger charge is 2.28. The molecule has 0 saturated carbocycles. The van der Waals surface area contributed by atoms with Gasteiger partial charge in [0, 0.05) is 10.1 Å². The van der Waals surface area contributed by atoms with Gasteiger partial charge in [-0.2, -0.15) is 0 Å². The summed E-state index contributed by atoms with van der Waals surface area (Å²) in [7, 11) is 0. The molecule has 76 valence electrons. The Balaban J connectivity index is 2.63. The Kier molecular flexibility index (Phi) is 2.45. The van der Waals surface area contributed by atoms with E-state index in [9.17, 15) is 4.39 Å². The number of fused-ring (bicyclic) bond motifs is 1. The van der Waals surface area contributed by atoms with Crippen LogP contribution in [0.25, 0.3) is 0 Å². The van der Waals surface area contributed by atoms with Gasteiger partial charge >= 0.3 is 0 Å². The Morgan fingerprint density at radius 2 is 2.14 bits per heavy atom. The number of nitrogens with one attached hydrogen (secondary N) is 1. The molecule has 3 heteroatoms. The second-order valence-electron chi connectivity index (χ2n) is 4.37. The van der Waals surface area contributed by atoms with E-state index in [1.165, 1.54) is 0 Å². The van der Waals surface area contributed by atoms with Crippen molar-refractivity contribution in [2.45, 2.75) is 25.7 Å². The molecule has 0 aliphatic carbocycles. The van der Waals surface area contributed by atoms with Gasteiger partial charge in [-0.3, -0.25) is 0 Å². The van der Waals surface area contributed by atoms with Gasteiger partial charge in [-0.15, -0.1) is 0 Å². The first-order valence-electron chi connectivity index (χ1n) is 4.74. The summed E-state index contributed by atoms with van der Waals surface area (Å²) in [5.41, 5.74) is 2.30. The maximum atomic E-state index is 13.3. The van der Waals surface area contributed by atoms with E-state index in [2.05, 4.69) is 41.8 Å². The van der Waals surface area contributed by atoms with Crippen LogP contribution in [-0.4, -0.2) is 6.54 Å². The van der Waals surface area contributed by atoms with Crippen LogP contribution in [0, 0.1) is 9.39 Å². The molecule has 1 aromatic rings. The average Bonchev–Trinajstić information content (AvgIpc) is 2.06. The van der Waals surface area contributed by atoms with Crippen LogP contribution in [-0.2, 0) is 5.41 Å². The lowest BCUT2D eigenvalue weighted by molar-refractivity contribution is 0.476. The normalized spacial score (nSPS) is 18.6. The summed E-state index contributed by atoms with van der Waals surface area (Å²) in [5, 5.41) is 3.34. The number of hydrogen-bond acceptors (Lipinski definition) is 1. The van der Waals surface area contributed by atoms with Gasteiger partial charge in [-0.1, -0.05) is 13.8 Å². The number of rotatable bonds is 0. The van der Waals surface area contributed by atoms with Crippen molar-refractivity contribution < 1.29 is 4.39 Å². The Labute approximate surface area is 97.2 Å². The van der Waals surface area contributed by atoms with E-state index in [1.807, 2.05) is 0 Å². The van der Waals surface area contributed by atoms with E-state index in [0.29, 0.717) is 0 Å². The quantitative estimate of drug-likeness (QED) is 0.723. The Hall–Kier alpha value is -0.320. The van der Waals surface area contributed by atoms with Gasteiger partial charge in [0.05, 0.1) is 5.69 Å². The van der Waals surface area contributed by atoms with Crippen LogP contribution < -0.4 is 5.32 Å². The highest BCUT2D eigenvalue weighted by Crippen LogP contribution is 2.39. The summed E-state index contributed by atoms with van der Waals surface area (Å²) in [6, 6.07) is 3.23. The summed E-state index contributed by atoms with van der Waals surface area (Å²) in [6.45, 7) is 5.31. The summed E-state index contributed by atoms with van der Waals surface area (Å²) >= 11 is 2.18. The Morgan fingerprint density at radius 1 is 1.43 bits per heavy atom. The third-order valence-electron chi connectivity index (χ3n) is 2.84. The fourth-order valence-corrected chi connectivity index (χ4v) is 2.70. The third kappa shape index (κ3) is 1.62. The molecule has 14 heavy (non-hydrogen) atoms. The fourth-order valence-electron chi connectivity index (χ4n) is 1.92. The maximum Gasteiger partial charge on any atom is 0.124 e. The molecule has 1 aliphatic rings. The lowest BCUT2D eigenvalue weighted by atomic mass is 9.78. The summed E-state index contributed by atoms with van der Waals surface area (Å²) in [4.78, 5) is 0. The molecule has 1 aliphatic heterocycles. The molecule has 0 fully saturated rings. The zero-order valence-corrected chi connectivity index (χ0v) is 10.5. The molecule has 1 nitrogen and oxygen atoms in total. The van der Waals surface area contributed by atoms with E-state index in [-0.39, 0.29) is 11.2 Å². The Bertz CT molecular complexity index is 374. The summed E-state index contributed by atoms with van der Waals surface area (Å²) in [5.74, 6) is -0.134. The fraction of sp³-hybridized carbons (Fsp3) is 0.455. The second-order valence-corrected chi connectivity index (χ2v) is 5.53. The monoisotopic (exact) mass is 305 g/mol. The van der Waals surface area contributed by atoms with Crippen LogP contribution in [0.4, 0.5) is 10.1 Å². The van der Waals surface area contributed by atoms with Crippen molar-refractivity contribution in [2.75, 3.05) is 11.9 Å². The SMILES string of the molecule is CC1(C)CCNc2c(I)cc(F)cc21. The van der Waals surface area contributed by atoms with Crippen LogP contribution in [0.15, 0.2) is 12.1 Å². The molecule has 0 radical (unpaired) electrons. The number of halogens is 2. The third-order valence-corrected chi connectivity index (χ3v) is 3.69. The minimum absolute atomic E-state index is 0.0859. The minimum Gasteiger partial charge on any atom is -0.384 e. The largest absolute Gasteiger partial charge is 0.384 e. The van der Waals surface area contributed by atoms with Gasteiger partial charge in [0.15, 0.2) is 0 Å². The van der Waals surface area contributed by atoms with Gasteiger partial charge < -0.3 is 5.32 Å². The molecule has 0 spiro atoms. The zero-order chi connectivity index (χ0) is 10.3. The molecule has 0 bridgehead atoms. The molecule has 0 unspecified atom stereocenters. The van der Waals surface area contributed by atoms with Crippen LogP contribution in [0.5, 0.6) is 0 Å². The standard InChI is InChI=1S/C11H13FIN/c1-11(2)3-4-14-10-8(11)5-7(12)6-9(10)13/h5-6,14H,3-4H2,1-2H3. The number of benzene rings is 1. The van der Waals surface area contributed by atoms with Crippen molar-refractivity contribution in [3.05, 3.63) is 27.1 Å². The van der Waals surface area contributed by atoms with E-state index >= 15 is 0 Å². The van der Waals surface area contributed by atoms with E-state index in [1.54, 1.807) is 12.1 Å². The van der Waals surface area contributed by atoms with Gasteiger partial charge in [-0.25, -0.2) is 4.39 Å². The molecular weight excluding hydrogens is 292 g/mol. The number of hydrogen-bond donors (Lipinski definition) is 1. The highest BCUT2D eigenvalue weighted by molar-refractivity contribution is 14.1. The van der Waals surface area contributed by atoms with Gasteiger partial charge in [0.25, 0.3) is 0 Å². The predicted octanol–water partition coefficient (Wildman–Crippen LogP) is 3.52. The van der Waals surface area contributed by atoms with Crippen LogP contribution in [0.1, 0.15) is 25.8 Å². The first kappa shape index (κ1) is 10.2. The molecule has 0 aromatic heterocycles. The van der Waals surface area contributed by atoms with E-state index < -0.39 is 0 Å². The second kappa shape index (κ2) is 3.36. The van der Waals surface area contributed by atoms with Crippen molar-refractivity contribution >= 4 is 28.3 Å². The zero-order valence-electron chi connectivity index (χ0n) is 8.32. The molecule has 0 amide bonds. The van der Waals surface area contributed by atoms with Crippen LogP contribution in [0.2, 0.25) is 0 Å². The predicted molar refractivity (Wildman–Crippen MR) is 65.2 cm³/mol.